The average Bonchev–Trinajstić information content (AvgIpc) is 3.12. The molecule has 0 spiro atoms. The summed E-state index contributed by atoms with van der Waals surface area (Å²) >= 11 is 0. The first-order chi connectivity index (χ1) is 12.2. The van der Waals surface area contributed by atoms with Crippen molar-refractivity contribution in [2.24, 2.45) is 0 Å². The molecule has 0 atom stereocenters. The average molecular weight is 335 g/mol. The molecule has 1 aromatic heterocycles. The first kappa shape index (κ1) is 16.9. The minimum Gasteiger partial charge on any atom is -0.339 e. The Hall–Kier alpha value is -2.95. The highest BCUT2D eigenvalue weighted by molar-refractivity contribution is 5.90. The van der Waals surface area contributed by atoms with Crippen LogP contribution in [0.25, 0.3) is 11.4 Å². The molecule has 0 bridgehead atoms. The molecule has 0 saturated carbocycles. The van der Waals surface area contributed by atoms with E-state index in [0.29, 0.717) is 24.6 Å². The van der Waals surface area contributed by atoms with E-state index < -0.39 is 0 Å². The Morgan fingerprint density at radius 3 is 2.52 bits per heavy atom. The molecule has 3 aromatic rings. The van der Waals surface area contributed by atoms with Gasteiger partial charge in [0.1, 0.15) is 0 Å². The number of carbonyl (C=O) groups excluding carboxylic acids is 1. The Kier molecular flexibility index (Phi) is 5.57. The van der Waals surface area contributed by atoms with Crippen LogP contribution in [-0.4, -0.2) is 16.0 Å². The van der Waals surface area contributed by atoms with Gasteiger partial charge in [-0.1, -0.05) is 61.0 Å². The highest BCUT2D eigenvalue weighted by Crippen LogP contribution is 2.16. The Morgan fingerprint density at radius 2 is 1.80 bits per heavy atom. The second-order valence-electron chi connectivity index (χ2n) is 5.87. The third-order valence-electron chi connectivity index (χ3n) is 3.84. The molecule has 0 fully saturated rings. The highest BCUT2D eigenvalue weighted by atomic mass is 16.5. The van der Waals surface area contributed by atoms with Gasteiger partial charge < -0.3 is 9.84 Å². The maximum Gasteiger partial charge on any atom is 0.227 e. The number of rotatable bonds is 7. The number of aromatic nitrogens is 2. The standard InChI is InChI=1S/C20H21N3O2/c1-2-6-15-9-11-17(12-10-15)21-18(24)13-14-19-22-20(23-25-19)16-7-4-3-5-8-16/h3-5,7-12H,2,6,13-14H2,1H3,(H,21,24). The van der Waals surface area contributed by atoms with Gasteiger partial charge in [0, 0.05) is 24.1 Å². The van der Waals surface area contributed by atoms with E-state index >= 15 is 0 Å². The fourth-order valence-electron chi connectivity index (χ4n) is 2.55. The van der Waals surface area contributed by atoms with Crippen LogP contribution in [0.4, 0.5) is 5.69 Å². The molecule has 5 heteroatoms. The zero-order valence-electron chi connectivity index (χ0n) is 14.2. The Bertz CT molecular complexity index is 810. The lowest BCUT2D eigenvalue weighted by atomic mass is 10.1. The summed E-state index contributed by atoms with van der Waals surface area (Å²) in [5, 5.41) is 6.85. The lowest BCUT2D eigenvalue weighted by Gasteiger charge is -2.05. The number of amides is 1. The van der Waals surface area contributed by atoms with E-state index in [1.165, 1.54) is 5.56 Å². The predicted molar refractivity (Wildman–Crippen MR) is 97.1 cm³/mol. The minimum absolute atomic E-state index is 0.0669. The van der Waals surface area contributed by atoms with Gasteiger partial charge in [-0.2, -0.15) is 4.98 Å². The van der Waals surface area contributed by atoms with Crippen molar-refractivity contribution in [2.75, 3.05) is 5.32 Å². The van der Waals surface area contributed by atoms with Crippen LogP contribution in [0.15, 0.2) is 59.1 Å². The van der Waals surface area contributed by atoms with E-state index in [4.69, 9.17) is 4.52 Å². The molecular formula is C20H21N3O2. The normalized spacial score (nSPS) is 10.6. The fourth-order valence-corrected chi connectivity index (χ4v) is 2.55. The number of hydrogen-bond acceptors (Lipinski definition) is 4. The van der Waals surface area contributed by atoms with Gasteiger partial charge in [0.15, 0.2) is 0 Å². The zero-order valence-corrected chi connectivity index (χ0v) is 14.2. The van der Waals surface area contributed by atoms with E-state index in [-0.39, 0.29) is 5.91 Å². The summed E-state index contributed by atoms with van der Waals surface area (Å²) in [6, 6.07) is 17.6. The monoisotopic (exact) mass is 335 g/mol. The molecule has 0 aliphatic heterocycles. The van der Waals surface area contributed by atoms with Gasteiger partial charge >= 0.3 is 0 Å². The third kappa shape index (κ3) is 4.76. The lowest BCUT2D eigenvalue weighted by molar-refractivity contribution is -0.116. The number of benzene rings is 2. The molecular weight excluding hydrogens is 314 g/mol. The molecule has 1 amide bonds. The fraction of sp³-hybridized carbons (Fsp3) is 0.250. The maximum atomic E-state index is 12.1. The zero-order chi connectivity index (χ0) is 17.5. The molecule has 128 valence electrons. The topological polar surface area (TPSA) is 68.0 Å². The second kappa shape index (κ2) is 8.24. The van der Waals surface area contributed by atoms with Crippen LogP contribution in [0.2, 0.25) is 0 Å². The Morgan fingerprint density at radius 1 is 1.04 bits per heavy atom. The highest BCUT2D eigenvalue weighted by Gasteiger charge is 2.10. The van der Waals surface area contributed by atoms with Gasteiger partial charge in [-0.15, -0.1) is 0 Å². The van der Waals surface area contributed by atoms with E-state index in [0.717, 1.165) is 24.1 Å². The van der Waals surface area contributed by atoms with Crippen molar-refractivity contribution >= 4 is 11.6 Å². The molecule has 25 heavy (non-hydrogen) atoms. The van der Waals surface area contributed by atoms with Crippen molar-refractivity contribution in [3.63, 3.8) is 0 Å². The first-order valence-corrected chi connectivity index (χ1v) is 8.51. The summed E-state index contributed by atoms with van der Waals surface area (Å²) in [6.45, 7) is 2.15. The Balaban J connectivity index is 1.51. The first-order valence-electron chi connectivity index (χ1n) is 8.51. The van der Waals surface area contributed by atoms with Crippen LogP contribution >= 0.6 is 0 Å². The number of hydrogen-bond donors (Lipinski definition) is 1. The van der Waals surface area contributed by atoms with Crippen LogP contribution in [0.3, 0.4) is 0 Å². The SMILES string of the molecule is CCCc1ccc(NC(=O)CCc2nc(-c3ccccc3)no2)cc1. The van der Waals surface area contributed by atoms with Crippen molar-refractivity contribution in [3.05, 3.63) is 66.1 Å². The van der Waals surface area contributed by atoms with Crippen LogP contribution in [0, 0.1) is 0 Å². The van der Waals surface area contributed by atoms with Crippen LogP contribution < -0.4 is 5.32 Å². The van der Waals surface area contributed by atoms with Crippen LogP contribution in [0.1, 0.15) is 31.2 Å². The Labute approximate surface area is 147 Å². The van der Waals surface area contributed by atoms with E-state index in [1.54, 1.807) is 0 Å². The van der Waals surface area contributed by atoms with Crippen molar-refractivity contribution in [2.45, 2.75) is 32.6 Å². The number of nitrogens with one attached hydrogen (secondary N) is 1. The summed E-state index contributed by atoms with van der Waals surface area (Å²) < 4.78 is 5.22. The maximum absolute atomic E-state index is 12.1. The van der Waals surface area contributed by atoms with Gasteiger partial charge in [-0.3, -0.25) is 4.79 Å². The van der Waals surface area contributed by atoms with Crippen molar-refractivity contribution < 1.29 is 9.32 Å². The van der Waals surface area contributed by atoms with Gasteiger partial charge in [0.25, 0.3) is 0 Å². The van der Waals surface area contributed by atoms with Gasteiger partial charge in [-0.05, 0) is 24.1 Å². The summed E-state index contributed by atoms with van der Waals surface area (Å²) in [5.41, 5.74) is 2.98. The quantitative estimate of drug-likeness (QED) is 0.700. The van der Waals surface area contributed by atoms with E-state index in [1.807, 2.05) is 54.6 Å². The molecule has 3 rings (SSSR count). The smallest absolute Gasteiger partial charge is 0.227 e. The van der Waals surface area contributed by atoms with Crippen molar-refractivity contribution in [1.29, 1.82) is 0 Å². The molecule has 2 aromatic carbocycles. The number of carbonyl (C=O) groups is 1. The molecule has 1 N–H and O–H groups in total. The third-order valence-corrected chi connectivity index (χ3v) is 3.84. The molecule has 0 aliphatic carbocycles. The predicted octanol–water partition coefficient (Wildman–Crippen LogP) is 4.26. The van der Waals surface area contributed by atoms with Crippen LogP contribution in [-0.2, 0) is 17.6 Å². The number of aryl methyl sites for hydroxylation is 2. The van der Waals surface area contributed by atoms with E-state index in [9.17, 15) is 4.79 Å². The van der Waals surface area contributed by atoms with Gasteiger partial charge in [-0.25, -0.2) is 0 Å². The molecule has 5 nitrogen and oxygen atoms in total. The van der Waals surface area contributed by atoms with Crippen LogP contribution in [0.5, 0.6) is 0 Å². The van der Waals surface area contributed by atoms with Gasteiger partial charge in [0.05, 0.1) is 0 Å². The largest absolute Gasteiger partial charge is 0.339 e. The summed E-state index contributed by atoms with van der Waals surface area (Å²) in [7, 11) is 0. The molecule has 1 heterocycles. The summed E-state index contributed by atoms with van der Waals surface area (Å²) in [6.07, 6.45) is 2.88. The number of nitrogens with zero attached hydrogens (tertiary/aromatic N) is 2. The minimum atomic E-state index is -0.0669. The second-order valence-corrected chi connectivity index (χ2v) is 5.87. The summed E-state index contributed by atoms with van der Waals surface area (Å²) in [5.74, 6) is 0.942. The molecule has 0 radical (unpaired) electrons. The molecule has 0 aliphatic rings. The molecule has 0 saturated heterocycles. The van der Waals surface area contributed by atoms with Crippen molar-refractivity contribution in [3.8, 4) is 11.4 Å². The summed E-state index contributed by atoms with van der Waals surface area (Å²) in [4.78, 5) is 16.4. The lowest BCUT2D eigenvalue weighted by Crippen LogP contribution is -2.12. The van der Waals surface area contributed by atoms with Gasteiger partial charge in [0.2, 0.25) is 17.6 Å². The molecule has 0 unspecified atom stereocenters. The van der Waals surface area contributed by atoms with Crippen molar-refractivity contribution in [1.82, 2.24) is 10.1 Å². The number of anilines is 1. The van der Waals surface area contributed by atoms with E-state index in [2.05, 4.69) is 22.4 Å².